The van der Waals surface area contributed by atoms with Crippen molar-refractivity contribution < 1.29 is 9.72 Å². The molecule has 0 fully saturated rings. The Morgan fingerprint density at radius 3 is 2.81 bits per heavy atom. The molecule has 1 amide bonds. The second kappa shape index (κ2) is 5.29. The van der Waals surface area contributed by atoms with Gasteiger partial charge in [0.2, 0.25) is 0 Å². The maximum absolute atomic E-state index is 12.1. The van der Waals surface area contributed by atoms with E-state index in [9.17, 15) is 14.9 Å². The number of hydrogen-bond acceptors (Lipinski definition) is 5. The summed E-state index contributed by atoms with van der Waals surface area (Å²) in [4.78, 5) is 26.8. The second-order valence-electron chi connectivity index (χ2n) is 4.22. The van der Waals surface area contributed by atoms with E-state index < -0.39 is 4.92 Å². The summed E-state index contributed by atoms with van der Waals surface area (Å²) in [6.07, 6.45) is 1.68. The highest BCUT2D eigenvalue weighted by molar-refractivity contribution is 7.17. The van der Waals surface area contributed by atoms with Crippen molar-refractivity contribution in [1.82, 2.24) is 4.98 Å². The van der Waals surface area contributed by atoms with Crippen LogP contribution in [0.5, 0.6) is 0 Å². The molecule has 3 rings (SSSR count). The predicted octanol–water partition coefficient (Wildman–Crippen LogP) is 3.46. The lowest BCUT2D eigenvalue weighted by molar-refractivity contribution is -0.380. The first-order valence-electron chi connectivity index (χ1n) is 6.04. The summed E-state index contributed by atoms with van der Waals surface area (Å²) in [7, 11) is 0. The number of amides is 1. The molecule has 1 aromatic carbocycles. The smallest absolute Gasteiger partial charge is 0.321 e. The van der Waals surface area contributed by atoms with Gasteiger partial charge in [-0.05, 0) is 30.3 Å². The van der Waals surface area contributed by atoms with Crippen LogP contribution < -0.4 is 5.32 Å². The van der Waals surface area contributed by atoms with E-state index in [1.807, 2.05) is 12.1 Å². The second-order valence-corrected chi connectivity index (χ2v) is 5.29. The molecule has 0 spiro atoms. The number of nitrogens with zero attached hydrogens (tertiary/aromatic N) is 2. The summed E-state index contributed by atoms with van der Waals surface area (Å²) >= 11 is 0.847. The summed E-state index contributed by atoms with van der Waals surface area (Å²) in [5.41, 5.74) is 1.40. The molecule has 2 aromatic heterocycles. The number of carbonyl (C=O) groups excluding carboxylic acids is 1. The van der Waals surface area contributed by atoms with Gasteiger partial charge in [-0.25, -0.2) is 0 Å². The lowest BCUT2D eigenvalue weighted by Gasteiger charge is -2.06. The van der Waals surface area contributed by atoms with Gasteiger partial charge in [-0.3, -0.25) is 19.9 Å². The highest BCUT2D eigenvalue weighted by Gasteiger charge is 2.16. The molecular formula is C14H9N3O3S. The molecule has 0 atom stereocenters. The summed E-state index contributed by atoms with van der Waals surface area (Å²) < 4.78 is 0. The van der Waals surface area contributed by atoms with E-state index >= 15 is 0 Å². The van der Waals surface area contributed by atoms with Gasteiger partial charge >= 0.3 is 5.00 Å². The van der Waals surface area contributed by atoms with E-state index in [1.54, 1.807) is 24.4 Å². The number of rotatable bonds is 3. The number of nitrogens with one attached hydrogen (secondary N) is 1. The lowest BCUT2D eigenvalue weighted by Crippen LogP contribution is -2.10. The predicted molar refractivity (Wildman–Crippen MR) is 80.7 cm³/mol. The molecule has 21 heavy (non-hydrogen) atoms. The third-order valence-electron chi connectivity index (χ3n) is 2.89. The number of thiophene rings is 1. The van der Waals surface area contributed by atoms with Crippen LogP contribution in [0.1, 0.15) is 9.67 Å². The van der Waals surface area contributed by atoms with Crippen LogP contribution in [0.4, 0.5) is 10.7 Å². The van der Waals surface area contributed by atoms with Crippen molar-refractivity contribution in [1.29, 1.82) is 0 Å². The molecule has 0 unspecified atom stereocenters. The Morgan fingerprint density at radius 1 is 1.19 bits per heavy atom. The van der Waals surface area contributed by atoms with Crippen molar-refractivity contribution in [3.05, 3.63) is 63.7 Å². The monoisotopic (exact) mass is 299 g/mol. The zero-order chi connectivity index (χ0) is 14.8. The SMILES string of the molecule is O=C(Nc1cccc2ncccc12)c1ccc([N+](=O)[O-])s1. The molecule has 1 N–H and O–H groups in total. The van der Waals surface area contributed by atoms with E-state index in [4.69, 9.17) is 0 Å². The van der Waals surface area contributed by atoms with Gasteiger partial charge in [0.1, 0.15) is 0 Å². The van der Waals surface area contributed by atoms with Gasteiger partial charge in [-0.15, -0.1) is 0 Å². The zero-order valence-corrected chi connectivity index (χ0v) is 11.5. The van der Waals surface area contributed by atoms with Crippen LogP contribution in [0, 0.1) is 10.1 Å². The highest BCUT2D eigenvalue weighted by atomic mass is 32.1. The summed E-state index contributed by atoms with van der Waals surface area (Å²) in [6, 6.07) is 11.8. The molecule has 0 bridgehead atoms. The minimum absolute atomic E-state index is 0.0558. The maximum Gasteiger partial charge on any atom is 0.324 e. The van der Waals surface area contributed by atoms with Crippen LogP contribution >= 0.6 is 11.3 Å². The van der Waals surface area contributed by atoms with E-state index in [0.717, 1.165) is 22.2 Å². The van der Waals surface area contributed by atoms with E-state index in [-0.39, 0.29) is 10.9 Å². The number of anilines is 1. The van der Waals surface area contributed by atoms with Crippen molar-refractivity contribution in [3.8, 4) is 0 Å². The van der Waals surface area contributed by atoms with Gasteiger partial charge in [-0.2, -0.15) is 0 Å². The first-order valence-corrected chi connectivity index (χ1v) is 6.86. The quantitative estimate of drug-likeness (QED) is 0.593. The molecule has 104 valence electrons. The Balaban J connectivity index is 1.91. The first-order chi connectivity index (χ1) is 10.1. The van der Waals surface area contributed by atoms with Gasteiger partial charge in [0, 0.05) is 17.6 Å². The van der Waals surface area contributed by atoms with Crippen LogP contribution in [0.2, 0.25) is 0 Å². The fraction of sp³-hybridized carbons (Fsp3) is 0. The van der Waals surface area contributed by atoms with Gasteiger partial charge in [0.15, 0.2) is 0 Å². The van der Waals surface area contributed by atoms with E-state index in [1.165, 1.54) is 12.1 Å². The minimum Gasteiger partial charge on any atom is -0.321 e. The molecule has 7 heteroatoms. The number of nitro groups is 1. The minimum atomic E-state index is -0.511. The molecule has 2 heterocycles. The van der Waals surface area contributed by atoms with Gasteiger partial charge < -0.3 is 5.32 Å². The number of pyridine rings is 1. The van der Waals surface area contributed by atoms with Crippen LogP contribution in [0.15, 0.2) is 48.7 Å². The third-order valence-corrected chi connectivity index (χ3v) is 3.93. The maximum atomic E-state index is 12.1. The Bertz CT molecular complexity index is 839. The molecule has 0 aliphatic carbocycles. The fourth-order valence-corrected chi connectivity index (χ4v) is 2.66. The van der Waals surface area contributed by atoms with Crippen molar-refractivity contribution in [2.24, 2.45) is 0 Å². The molecule has 0 aliphatic rings. The van der Waals surface area contributed by atoms with Crippen LogP contribution in [0.3, 0.4) is 0 Å². The molecule has 3 aromatic rings. The Morgan fingerprint density at radius 2 is 2.05 bits per heavy atom. The Hall–Kier alpha value is -2.80. The number of carbonyl (C=O) groups is 1. The molecule has 0 saturated carbocycles. The van der Waals surface area contributed by atoms with Crippen LogP contribution in [-0.2, 0) is 0 Å². The Kier molecular flexibility index (Phi) is 3.33. The van der Waals surface area contributed by atoms with Crippen molar-refractivity contribution >= 4 is 38.8 Å². The zero-order valence-electron chi connectivity index (χ0n) is 10.6. The number of benzene rings is 1. The average Bonchev–Trinajstić information content (AvgIpc) is 2.98. The highest BCUT2D eigenvalue weighted by Crippen LogP contribution is 2.26. The third kappa shape index (κ3) is 2.59. The van der Waals surface area contributed by atoms with E-state index in [2.05, 4.69) is 10.3 Å². The molecule has 0 radical (unpaired) electrons. The number of hydrogen-bond donors (Lipinski definition) is 1. The van der Waals surface area contributed by atoms with Gasteiger partial charge in [0.25, 0.3) is 5.91 Å². The topological polar surface area (TPSA) is 85.1 Å². The standard InChI is InChI=1S/C14H9N3O3S/c18-14(12-6-7-13(21-12)17(19)20)16-11-5-1-4-10-9(11)3-2-8-15-10/h1-8H,(H,16,18). The molecule has 0 saturated heterocycles. The van der Waals surface area contributed by atoms with Crippen molar-refractivity contribution in [2.75, 3.05) is 5.32 Å². The van der Waals surface area contributed by atoms with Crippen LogP contribution in [-0.4, -0.2) is 15.8 Å². The normalized spacial score (nSPS) is 10.5. The fourth-order valence-electron chi connectivity index (χ4n) is 1.94. The van der Waals surface area contributed by atoms with Crippen LogP contribution in [0.25, 0.3) is 10.9 Å². The van der Waals surface area contributed by atoms with Gasteiger partial charge in [0.05, 0.1) is 21.0 Å². The largest absolute Gasteiger partial charge is 0.324 e. The Labute approximate surface area is 123 Å². The van der Waals surface area contributed by atoms with Crippen molar-refractivity contribution in [3.63, 3.8) is 0 Å². The molecular weight excluding hydrogens is 290 g/mol. The van der Waals surface area contributed by atoms with E-state index in [0.29, 0.717) is 10.6 Å². The summed E-state index contributed by atoms with van der Waals surface area (Å²) in [5, 5.41) is 14.2. The van der Waals surface area contributed by atoms with Crippen molar-refractivity contribution in [2.45, 2.75) is 0 Å². The number of aromatic nitrogens is 1. The van der Waals surface area contributed by atoms with Gasteiger partial charge in [-0.1, -0.05) is 17.4 Å². The summed E-state index contributed by atoms with van der Waals surface area (Å²) in [5.74, 6) is -0.371. The number of fused-ring (bicyclic) bond motifs is 1. The average molecular weight is 299 g/mol. The summed E-state index contributed by atoms with van der Waals surface area (Å²) in [6.45, 7) is 0. The first kappa shape index (κ1) is 13.2. The molecule has 0 aliphatic heterocycles. The molecule has 6 nitrogen and oxygen atoms in total. The lowest BCUT2D eigenvalue weighted by atomic mass is 10.2.